The molecule has 1 N–H and O–H groups in total. The monoisotopic (exact) mass is 249 g/mol. The zero-order valence-corrected chi connectivity index (χ0v) is 11.8. The minimum atomic E-state index is -1.46. The van der Waals surface area contributed by atoms with Crippen LogP contribution in [0.5, 0.6) is 0 Å². The minimum Gasteiger partial charge on any atom is -0.480 e. The third-order valence-electron chi connectivity index (χ3n) is 3.11. The topological polar surface area (TPSA) is 57.6 Å². The Bertz CT molecular complexity index is 271. The molecule has 0 aromatic rings. The molecule has 16 heavy (non-hydrogen) atoms. The van der Waals surface area contributed by atoms with E-state index < -0.39 is 22.2 Å². The average molecular weight is 249 g/mol. The molecular formula is C11H23NO3S. The van der Waals surface area contributed by atoms with Crippen molar-refractivity contribution in [2.75, 3.05) is 12.5 Å². The maximum Gasteiger partial charge on any atom is 0.327 e. The van der Waals surface area contributed by atoms with Crippen LogP contribution in [-0.2, 0) is 9.59 Å². The quantitative estimate of drug-likeness (QED) is 0.759. The summed E-state index contributed by atoms with van der Waals surface area (Å²) in [6.07, 6.45) is 5.07. The van der Waals surface area contributed by atoms with E-state index in [1.165, 1.54) is 4.31 Å². The first-order chi connectivity index (χ1) is 7.09. The molecule has 0 aliphatic rings. The predicted molar refractivity (Wildman–Crippen MR) is 68.8 cm³/mol. The lowest BCUT2D eigenvalue weighted by Gasteiger charge is -2.52. The molecule has 0 saturated carbocycles. The van der Waals surface area contributed by atoms with Crippen molar-refractivity contribution in [3.63, 3.8) is 0 Å². The highest BCUT2D eigenvalue weighted by Gasteiger charge is 2.38. The largest absolute Gasteiger partial charge is 0.480 e. The first-order valence-corrected chi connectivity index (χ1v) is 7.69. The third kappa shape index (κ3) is 2.90. The lowest BCUT2D eigenvalue weighted by molar-refractivity contribution is -0.143. The summed E-state index contributed by atoms with van der Waals surface area (Å²) in [4.78, 5) is 22.3. The van der Waals surface area contributed by atoms with Crippen molar-refractivity contribution in [3.8, 4) is 0 Å². The van der Waals surface area contributed by atoms with Crippen LogP contribution in [0, 0.1) is 0 Å². The number of carboxylic acids is 1. The highest BCUT2D eigenvalue weighted by atomic mass is 32.3. The number of amides is 1. The second-order valence-corrected chi connectivity index (χ2v) is 9.31. The van der Waals surface area contributed by atoms with Gasteiger partial charge in [0.2, 0.25) is 6.41 Å². The van der Waals surface area contributed by atoms with E-state index in [0.29, 0.717) is 12.8 Å². The van der Waals surface area contributed by atoms with Gasteiger partial charge in [-0.2, -0.15) is 10.2 Å². The fourth-order valence-corrected chi connectivity index (χ4v) is 3.00. The van der Waals surface area contributed by atoms with Crippen molar-refractivity contribution < 1.29 is 14.7 Å². The van der Waals surface area contributed by atoms with Crippen molar-refractivity contribution in [2.45, 2.75) is 44.9 Å². The molecule has 1 unspecified atom stereocenters. The molecule has 4 nitrogen and oxygen atoms in total. The molecule has 0 saturated heterocycles. The highest BCUT2D eigenvalue weighted by molar-refractivity contribution is 8.32. The molecule has 1 atom stereocenters. The lowest BCUT2D eigenvalue weighted by atomic mass is 10.2. The third-order valence-corrected chi connectivity index (χ3v) is 7.50. The van der Waals surface area contributed by atoms with E-state index in [1.807, 2.05) is 33.3 Å². The van der Waals surface area contributed by atoms with Crippen LogP contribution in [0.4, 0.5) is 0 Å². The number of rotatable bonds is 5. The predicted octanol–water partition coefficient (Wildman–Crippen LogP) is 2.09. The molecule has 1 amide bonds. The summed E-state index contributed by atoms with van der Waals surface area (Å²) in [5, 5.41) is 9.12. The molecule has 96 valence electrons. The van der Waals surface area contributed by atoms with E-state index in [9.17, 15) is 9.59 Å². The van der Waals surface area contributed by atoms with Crippen molar-refractivity contribution in [3.05, 3.63) is 0 Å². The van der Waals surface area contributed by atoms with Gasteiger partial charge in [0.15, 0.2) is 0 Å². The number of carboxylic acid groups (broad SMARTS) is 1. The minimum absolute atomic E-state index is 0.100. The molecule has 0 fully saturated rings. The van der Waals surface area contributed by atoms with E-state index in [0.717, 1.165) is 0 Å². The Labute approximate surface area is 99.5 Å². The van der Waals surface area contributed by atoms with Crippen molar-refractivity contribution in [1.82, 2.24) is 4.31 Å². The Morgan fingerprint density at radius 2 is 1.88 bits per heavy atom. The number of carbonyl (C=O) groups excluding carboxylic acids is 1. The fourth-order valence-electron chi connectivity index (χ4n) is 1.28. The fraction of sp³-hybridized carbons (Fsp3) is 0.818. The Morgan fingerprint density at radius 1 is 1.44 bits per heavy atom. The van der Waals surface area contributed by atoms with Gasteiger partial charge in [0.25, 0.3) is 0 Å². The van der Waals surface area contributed by atoms with E-state index in [4.69, 9.17) is 5.11 Å². The lowest BCUT2D eigenvalue weighted by Crippen LogP contribution is -2.46. The SMILES string of the molecule is CCC(C(=O)O)N(C=O)S(C)(C)C(C)(C)C. The normalized spacial score (nSPS) is 15.4. The first kappa shape index (κ1) is 15.3. The van der Waals surface area contributed by atoms with Crippen LogP contribution in [0.3, 0.4) is 0 Å². The average Bonchev–Trinajstić information content (AvgIpc) is 2.10. The summed E-state index contributed by atoms with van der Waals surface area (Å²) in [7, 11) is -1.46. The highest BCUT2D eigenvalue weighted by Crippen LogP contribution is 2.56. The summed E-state index contributed by atoms with van der Waals surface area (Å²) >= 11 is 0. The van der Waals surface area contributed by atoms with E-state index >= 15 is 0 Å². The Balaban J connectivity index is 5.27. The summed E-state index contributed by atoms with van der Waals surface area (Å²) in [6.45, 7) is 7.89. The molecule has 0 heterocycles. The molecule has 5 heteroatoms. The maximum atomic E-state index is 11.2. The molecule has 0 radical (unpaired) electrons. The summed E-state index contributed by atoms with van der Waals surface area (Å²) in [6, 6.07) is -0.721. The molecule has 0 aromatic heterocycles. The Hall–Kier alpha value is -0.710. The molecule has 0 aliphatic carbocycles. The van der Waals surface area contributed by atoms with Crippen LogP contribution in [0.25, 0.3) is 0 Å². The van der Waals surface area contributed by atoms with Crippen molar-refractivity contribution >= 4 is 22.6 Å². The maximum absolute atomic E-state index is 11.2. The van der Waals surface area contributed by atoms with Gasteiger partial charge in [-0.3, -0.25) is 9.10 Å². The van der Waals surface area contributed by atoms with Crippen molar-refractivity contribution in [2.24, 2.45) is 0 Å². The molecule has 0 bridgehead atoms. The zero-order valence-electron chi connectivity index (χ0n) is 11.0. The molecular weight excluding hydrogens is 226 g/mol. The van der Waals surface area contributed by atoms with Crippen LogP contribution in [0.15, 0.2) is 0 Å². The number of carbonyl (C=O) groups is 2. The standard InChI is InChI=1S/C11H23NO3S/c1-7-9(10(14)15)12(8-13)16(5,6)11(2,3)4/h8-9H,7H2,1-6H3,(H,14,15). The van der Waals surface area contributed by atoms with Crippen LogP contribution < -0.4 is 0 Å². The van der Waals surface area contributed by atoms with Crippen LogP contribution >= 0.6 is 10.2 Å². The summed E-state index contributed by atoms with van der Waals surface area (Å²) < 4.78 is 1.39. The van der Waals surface area contributed by atoms with Crippen molar-refractivity contribution in [1.29, 1.82) is 0 Å². The number of aliphatic carboxylic acids is 1. The number of nitrogens with zero attached hydrogens (tertiary/aromatic N) is 1. The van der Waals surface area contributed by atoms with Crippen LogP contribution in [0.1, 0.15) is 34.1 Å². The molecule has 0 spiro atoms. The number of hydrogen-bond acceptors (Lipinski definition) is 2. The van der Waals surface area contributed by atoms with Gasteiger partial charge in [-0.25, -0.2) is 4.79 Å². The summed E-state index contributed by atoms with van der Waals surface area (Å²) in [5.74, 6) is -0.931. The first-order valence-electron chi connectivity index (χ1n) is 5.29. The van der Waals surface area contributed by atoms with E-state index in [-0.39, 0.29) is 4.75 Å². The van der Waals surface area contributed by atoms with Crippen LogP contribution in [0.2, 0.25) is 0 Å². The van der Waals surface area contributed by atoms with Gasteiger partial charge in [-0.15, -0.1) is 0 Å². The van der Waals surface area contributed by atoms with Gasteiger partial charge >= 0.3 is 5.97 Å². The Morgan fingerprint density at radius 3 is 2.06 bits per heavy atom. The molecule has 0 aliphatic heterocycles. The van der Waals surface area contributed by atoms with E-state index in [2.05, 4.69) is 0 Å². The molecule has 0 rings (SSSR count). The second-order valence-electron chi connectivity index (χ2n) is 5.11. The van der Waals surface area contributed by atoms with Gasteiger partial charge in [-0.1, -0.05) is 27.7 Å². The van der Waals surface area contributed by atoms with Gasteiger partial charge < -0.3 is 5.11 Å². The summed E-state index contributed by atoms with van der Waals surface area (Å²) in [5.41, 5.74) is 0. The van der Waals surface area contributed by atoms with Gasteiger partial charge in [-0.05, 0) is 18.9 Å². The molecule has 0 aromatic carbocycles. The van der Waals surface area contributed by atoms with Gasteiger partial charge in [0.05, 0.1) is 0 Å². The van der Waals surface area contributed by atoms with Gasteiger partial charge in [0.1, 0.15) is 6.04 Å². The smallest absolute Gasteiger partial charge is 0.327 e. The number of hydrogen-bond donors (Lipinski definition) is 1. The van der Waals surface area contributed by atoms with E-state index in [1.54, 1.807) is 6.92 Å². The van der Waals surface area contributed by atoms with Gasteiger partial charge in [0, 0.05) is 4.75 Å². The van der Waals surface area contributed by atoms with Crippen LogP contribution in [-0.4, -0.2) is 45.1 Å². The second kappa shape index (κ2) is 5.08. The Kier molecular flexibility index (Phi) is 4.85. The zero-order chi connectivity index (χ0) is 13.1.